The number of rotatable bonds is 8. The molecule has 0 saturated carbocycles. The van der Waals surface area contributed by atoms with Gasteiger partial charge in [-0.2, -0.15) is 5.26 Å². The van der Waals surface area contributed by atoms with Gasteiger partial charge >= 0.3 is 0 Å². The molecule has 142 valence electrons. The Morgan fingerprint density at radius 3 is 2.63 bits per heavy atom. The van der Waals surface area contributed by atoms with Crippen LogP contribution in [0.2, 0.25) is 0 Å². The first-order valence-electron chi connectivity index (χ1n) is 8.59. The Morgan fingerprint density at radius 2 is 2.07 bits per heavy atom. The van der Waals surface area contributed by atoms with Gasteiger partial charge in [0.2, 0.25) is 5.91 Å². The summed E-state index contributed by atoms with van der Waals surface area (Å²) >= 11 is 0.976. The Bertz CT molecular complexity index is 755. The summed E-state index contributed by atoms with van der Waals surface area (Å²) in [4.78, 5) is 38.6. The van der Waals surface area contributed by atoms with E-state index in [1.54, 1.807) is 4.90 Å². The summed E-state index contributed by atoms with van der Waals surface area (Å²) in [5, 5.41) is 11.9. The van der Waals surface area contributed by atoms with E-state index in [9.17, 15) is 19.6 Å². The quantitative estimate of drug-likeness (QED) is 0.418. The van der Waals surface area contributed by atoms with Gasteiger partial charge in [0.1, 0.15) is 11.6 Å². The van der Waals surface area contributed by atoms with E-state index in [1.807, 2.05) is 50.2 Å². The topological polar surface area (TPSA) is 93.5 Å². The van der Waals surface area contributed by atoms with Crippen LogP contribution in [0.25, 0.3) is 0 Å². The van der Waals surface area contributed by atoms with Crippen LogP contribution in [0, 0.1) is 11.3 Å². The van der Waals surface area contributed by atoms with E-state index in [2.05, 4.69) is 5.32 Å². The number of hydrogen-bond donors (Lipinski definition) is 1. The van der Waals surface area contributed by atoms with Crippen molar-refractivity contribution in [3.8, 4) is 6.07 Å². The smallest absolute Gasteiger partial charge is 0.288 e. The molecule has 0 unspecified atom stereocenters. The minimum atomic E-state index is -0.368. The molecule has 1 aromatic carbocycles. The number of nitrogens with zero attached hydrogens (tertiary/aromatic N) is 3. The number of hydrogen-bond acceptors (Lipinski definition) is 6. The summed E-state index contributed by atoms with van der Waals surface area (Å²) < 4.78 is 0. The van der Waals surface area contributed by atoms with Crippen molar-refractivity contribution in [1.29, 1.82) is 5.26 Å². The van der Waals surface area contributed by atoms with Crippen molar-refractivity contribution in [2.45, 2.75) is 26.4 Å². The maximum Gasteiger partial charge on any atom is 0.288 e. The molecule has 1 heterocycles. The molecular formula is C19H22N4O3S. The lowest BCUT2D eigenvalue weighted by atomic mass is 10.1. The Hall–Kier alpha value is -2.79. The standard InChI is InChI=1S/C19H22N4O3S/c1-14(2)23(12-15-6-4-3-5-7-15)18(25)16(10-20)11-21-8-9-22-17(24)13-27-19(22)26/h3-7,11,14,21H,8-9,12-13H2,1-2H3/b16-11-. The zero-order valence-corrected chi connectivity index (χ0v) is 16.2. The van der Waals surface area contributed by atoms with E-state index in [0.717, 1.165) is 22.2 Å². The normalized spacial score (nSPS) is 14.4. The summed E-state index contributed by atoms with van der Waals surface area (Å²) in [6.07, 6.45) is 1.35. The number of nitrogens with one attached hydrogen (secondary N) is 1. The second-order valence-electron chi connectivity index (χ2n) is 6.24. The summed E-state index contributed by atoms with van der Waals surface area (Å²) in [5.74, 6) is -0.423. The SMILES string of the molecule is CC(C)N(Cc1ccccc1)C(=O)/C(C#N)=C\NCCN1C(=O)CSC1=O. The van der Waals surface area contributed by atoms with Gasteiger partial charge in [-0.05, 0) is 19.4 Å². The lowest BCUT2D eigenvalue weighted by Gasteiger charge is -2.26. The molecule has 1 aliphatic heterocycles. The molecule has 0 aromatic heterocycles. The number of nitriles is 1. The van der Waals surface area contributed by atoms with Crippen LogP contribution in [0.15, 0.2) is 42.1 Å². The molecule has 1 fully saturated rings. The number of imide groups is 1. The van der Waals surface area contributed by atoms with Gasteiger partial charge in [-0.3, -0.25) is 19.3 Å². The maximum absolute atomic E-state index is 12.7. The zero-order valence-electron chi connectivity index (χ0n) is 15.3. The highest BCUT2D eigenvalue weighted by atomic mass is 32.2. The van der Waals surface area contributed by atoms with Gasteiger partial charge in [-0.1, -0.05) is 42.1 Å². The molecule has 8 heteroatoms. The van der Waals surface area contributed by atoms with Crippen LogP contribution in [0.4, 0.5) is 4.79 Å². The van der Waals surface area contributed by atoms with E-state index in [4.69, 9.17) is 0 Å². The van der Waals surface area contributed by atoms with Crippen LogP contribution in [0.5, 0.6) is 0 Å². The molecule has 2 rings (SSSR count). The summed E-state index contributed by atoms with van der Waals surface area (Å²) in [7, 11) is 0. The highest BCUT2D eigenvalue weighted by Gasteiger charge is 2.29. The first-order chi connectivity index (χ1) is 12.9. The summed E-state index contributed by atoms with van der Waals surface area (Å²) in [6.45, 7) is 4.67. The van der Waals surface area contributed by atoms with Crippen molar-refractivity contribution >= 4 is 28.8 Å². The molecule has 1 N–H and O–H groups in total. The number of carbonyl (C=O) groups is 3. The van der Waals surface area contributed by atoms with Crippen molar-refractivity contribution in [3.05, 3.63) is 47.7 Å². The fourth-order valence-corrected chi connectivity index (χ4v) is 3.26. The van der Waals surface area contributed by atoms with Gasteiger partial charge in [0.15, 0.2) is 0 Å². The molecule has 0 bridgehead atoms. The molecule has 0 aliphatic carbocycles. The Balaban J connectivity index is 1.97. The second kappa shape index (κ2) is 9.78. The third kappa shape index (κ3) is 5.59. The summed E-state index contributed by atoms with van der Waals surface area (Å²) in [5.41, 5.74) is 0.960. The van der Waals surface area contributed by atoms with Crippen LogP contribution >= 0.6 is 11.8 Å². The molecule has 0 spiro atoms. The number of amides is 3. The molecule has 27 heavy (non-hydrogen) atoms. The van der Waals surface area contributed by atoms with Gasteiger partial charge < -0.3 is 10.2 Å². The monoisotopic (exact) mass is 386 g/mol. The van der Waals surface area contributed by atoms with Crippen molar-refractivity contribution in [3.63, 3.8) is 0 Å². The third-order valence-corrected chi connectivity index (χ3v) is 4.86. The first-order valence-corrected chi connectivity index (χ1v) is 9.58. The molecule has 0 radical (unpaired) electrons. The van der Waals surface area contributed by atoms with Crippen molar-refractivity contribution < 1.29 is 14.4 Å². The number of carbonyl (C=O) groups excluding carboxylic acids is 3. The Labute approximate surface area is 163 Å². The average molecular weight is 386 g/mol. The fraction of sp³-hybridized carbons (Fsp3) is 0.368. The largest absolute Gasteiger partial charge is 0.388 e. The molecule has 1 aromatic rings. The van der Waals surface area contributed by atoms with Gasteiger partial charge in [0, 0.05) is 31.9 Å². The highest BCUT2D eigenvalue weighted by Crippen LogP contribution is 2.17. The molecule has 1 saturated heterocycles. The number of thioether (sulfide) groups is 1. The maximum atomic E-state index is 12.7. The van der Waals surface area contributed by atoms with E-state index in [-0.39, 0.29) is 47.5 Å². The molecule has 1 aliphatic rings. The molecule has 3 amide bonds. The number of benzene rings is 1. The van der Waals surface area contributed by atoms with Crippen LogP contribution in [-0.4, -0.2) is 51.7 Å². The highest BCUT2D eigenvalue weighted by molar-refractivity contribution is 8.14. The van der Waals surface area contributed by atoms with Crippen LogP contribution in [0.3, 0.4) is 0 Å². The van der Waals surface area contributed by atoms with E-state index in [1.165, 1.54) is 6.20 Å². The van der Waals surface area contributed by atoms with Crippen LogP contribution in [0.1, 0.15) is 19.4 Å². The third-order valence-electron chi connectivity index (χ3n) is 4.00. The zero-order chi connectivity index (χ0) is 19.8. The van der Waals surface area contributed by atoms with E-state index in [0.29, 0.717) is 6.54 Å². The minimum absolute atomic E-state index is 0.0203. The van der Waals surface area contributed by atoms with Gasteiger partial charge in [0.05, 0.1) is 5.75 Å². The predicted molar refractivity (Wildman–Crippen MR) is 103 cm³/mol. The molecule has 7 nitrogen and oxygen atoms in total. The lowest BCUT2D eigenvalue weighted by molar-refractivity contribution is -0.129. The predicted octanol–water partition coefficient (Wildman–Crippen LogP) is 2.12. The fourth-order valence-electron chi connectivity index (χ4n) is 2.51. The van der Waals surface area contributed by atoms with Gasteiger partial charge in [0.25, 0.3) is 11.1 Å². The van der Waals surface area contributed by atoms with Gasteiger partial charge in [-0.25, -0.2) is 0 Å². The molecule has 0 atom stereocenters. The van der Waals surface area contributed by atoms with Crippen LogP contribution in [-0.2, 0) is 16.1 Å². The van der Waals surface area contributed by atoms with Gasteiger partial charge in [-0.15, -0.1) is 0 Å². The Morgan fingerprint density at radius 1 is 1.37 bits per heavy atom. The van der Waals surface area contributed by atoms with Crippen molar-refractivity contribution in [2.75, 3.05) is 18.8 Å². The second-order valence-corrected chi connectivity index (χ2v) is 7.16. The first kappa shape index (κ1) is 20.5. The van der Waals surface area contributed by atoms with Crippen molar-refractivity contribution in [2.24, 2.45) is 0 Å². The average Bonchev–Trinajstić information content (AvgIpc) is 2.98. The van der Waals surface area contributed by atoms with Crippen LogP contribution < -0.4 is 5.32 Å². The molecular weight excluding hydrogens is 364 g/mol. The lowest BCUT2D eigenvalue weighted by Crippen LogP contribution is -2.38. The van der Waals surface area contributed by atoms with E-state index < -0.39 is 0 Å². The Kier molecular flexibility index (Phi) is 7.44. The summed E-state index contributed by atoms with van der Waals surface area (Å²) in [6, 6.07) is 11.4. The van der Waals surface area contributed by atoms with E-state index >= 15 is 0 Å². The minimum Gasteiger partial charge on any atom is -0.388 e. The van der Waals surface area contributed by atoms with Crippen molar-refractivity contribution in [1.82, 2.24) is 15.1 Å².